The Kier molecular flexibility index (Phi) is 7.20. The summed E-state index contributed by atoms with van der Waals surface area (Å²) >= 11 is 0. The summed E-state index contributed by atoms with van der Waals surface area (Å²) in [6.45, 7) is 5.02. The topological polar surface area (TPSA) is 91.3 Å². The van der Waals surface area contributed by atoms with Crippen LogP contribution in [0.15, 0.2) is 30.3 Å². The molecule has 1 heterocycles. The van der Waals surface area contributed by atoms with Gasteiger partial charge in [-0.2, -0.15) is 0 Å². The fourth-order valence-electron chi connectivity index (χ4n) is 2.68. The maximum atomic E-state index is 15.3. The number of hydrogen-bond acceptors (Lipinski definition) is 7. The molecule has 0 amide bonds. The van der Waals surface area contributed by atoms with Crippen LogP contribution in [0.25, 0.3) is 0 Å². The molecule has 0 radical (unpaired) electrons. The molecule has 174 valence electrons. The number of benzene rings is 1. The highest BCUT2D eigenvalue weighted by atomic mass is 19.1. The number of aliphatic hydroxyl groups is 1. The number of aliphatic hydroxyl groups excluding tert-OH is 1. The molecule has 1 aromatic carbocycles. The Hall–Kier alpha value is -2.03. The third kappa shape index (κ3) is 6.98. The van der Waals surface area contributed by atoms with E-state index in [2.05, 4.69) is 0 Å². The summed E-state index contributed by atoms with van der Waals surface area (Å²) < 4.78 is 51.9. The van der Waals surface area contributed by atoms with Crippen molar-refractivity contribution in [3.63, 3.8) is 0 Å². The van der Waals surface area contributed by atoms with Crippen molar-refractivity contribution in [3.05, 3.63) is 35.9 Å². The van der Waals surface area contributed by atoms with Crippen molar-refractivity contribution in [1.82, 2.24) is 0 Å². The van der Waals surface area contributed by atoms with Crippen LogP contribution in [-0.2, 0) is 35.1 Å². The molecule has 0 aliphatic carbocycles. The highest BCUT2D eigenvalue weighted by Crippen LogP contribution is 2.30. The number of ether oxygens (including phenoxy) is 4. The van der Waals surface area contributed by atoms with Gasteiger partial charge >= 0.3 is 11.9 Å². The molecule has 1 aromatic rings. The minimum absolute atomic E-state index is 0.0385. The van der Waals surface area contributed by atoms with E-state index in [1.807, 2.05) is 6.07 Å². The summed E-state index contributed by atoms with van der Waals surface area (Å²) in [5.74, 6) is -1.55. The van der Waals surface area contributed by atoms with E-state index in [0.29, 0.717) is 0 Å². The average Bonchev–Trinajstić information content (AvgIpc) is 2.80. The van der Waals surface area contributed by atoms with Crippen LogP contribution in [0.5, 0.6) is 0 Å². The zero-order chi connectivity index (χ0) is 24.8. The third-order valence-corrected chi connectivity index (χ3v) is 4.58. The first-order chi connectivity index (χ1) is 15.4. The van der Waals surface area contributed by atoms with Gasteiger partial charge in [0, 0.05) is 2.74 Å². The van der Waals surface area contributed by atoms with Gasteiger partial charge in [-0.3, -0.25) is 9.59 Å². The first-order valence-electron chi connectivity index (χ1n) is 11.4. The predicted octanol–water partition coefficient (Wildman–Crippen LogP) is 3.17. The van der Waals surface area contributed by atoms with E-state index in [1.165, 1.54) is 27.7 Å². The zero-order valence-corrected chi connectivity index (χ0v) is 18.4. The Morgan fingerprint density at radius 3 is 2.35 bits per heavy atom. The monoisotopic (exact) mass is 442 g/mol. The number of rotatable bonds is 6. The lowest BCUT2D eigenvalue weighted by Gasteiger charge is -2.41. The highest BCUT2D eigenvalue weighted by molar-refractivity contribution is 5.76. The van der Waals surface area contributed by atoms with Crippen LogP contribution in [-0.4, -0.2) is 54.4 Å². The van der Waals surface area contributed by atoms with Crippen LogP contribution in [0.3, 0.4) is 0 Å². The summed E-state index contributed by atoms with van der Waals surface area (Å²) in [6, 6.07) is 9.03. The number of hydrogen-bond donors (Lipinski definition) is 1. The molecule has 1 fully saturated rings. The highest BCUT2D eigenvalue weighted by Gasteiger charge is 2.50. The quantitative estimate of drug-likeness (QED) is 0.677. The molecule has 0 saturated carbocycles. The molecule has 1 aliphatic heterocycles. The molecule has 7 nitrogen and oxygen atoms in total. The van der Waals surface area contributed by atoms with Crippen LogP contribution in [0.1, 0.15) is 49.8 Å². The number of alkyl halides is 1. The lowest BCUT2D eigenvalue weighted by atomic mass is 9.95. The molecule has 31 heavy (non-hydrogen) atoms. The first-order valence-corrected chi connectivity index (χ1v) is 10.0. The summed E-state index contributed by atoms with van der Waals surface area (Å²) in [7, 11) is 0. The van der Waals surface area contributed by atoms with Gasteiger partial charge in [-0.25, -0.2) is 4.39 Å². The van der Waals surface area contributed by atoms with Crippen molar-refractivity contribution in [2.75, 3.05) is 6.61 Å². The molecule has 1 unspecified atom stereocenters. The van der Waals surface area contributed by atoms with Crippen molar-refractivity contribution in [2.45, 2.75) is 78.9 Å². The minimum Gasteiger partial charge on any atom is -0.462 e. The van der Waals surface area contributed by atoms with Gasteiger partial charge in [0.25, 0.3) is 0 Å². The molecule has 8 heteroatoms. The largest absolute Gasteiger partial charge is 0.462 e. The molecule has 2 rings (SSSR count). The molecular weight excluding hydrogens is 407 g/mol. The van der Waals surface area contributed by atoms with Crippen molar-refractivity contribution in [2.24, 2.45) is 10.8 Å². The lowest BCUT2D eigenvalue weighted by Crippen LogP contribution is -2.59. The van der Waals surface area contributed by atoms with Gasteiger partial charge in [-0.1, -0.05) is 30.3 Å². The maximum Gasteiger partial charge on any atom is 0.311 e. The fourth-order valence-corrected chi connectivity index (χ4v) is 2.68. The van der Waals surface area contributed by atoms with Gasteiger partial charge in [0.2, 0.25) is 0 Å². The van der Waals surface area contributed by atoms with Crippen molar-refractivity contribution in [1.29, 1.82) is 0 Å². The van der Waals surface area contributed by atoms with E-state index < -0.39 is 60.1 Å². The molecule has 1 N–H and O–H groups in total. The Morgan fingerprint density at radius 1 is 1.13 bits per heavy atom. The summed E-state index contributed by atoms with van der Waals surface area (Å²) in [6.07, 6.45) is -8.05. The standard InChI is InChI=1S/C23H33FO7/c1-22(2,3)20(26)29-13-15-16(24)18(31-21(27)23(4,5)6)17(25)19(30-15)28-12-14-10-8-7-9-11-14/h7-11,15-19,25H,12-13H2,1-6H3/t15-,16-,17-,18+,19?/m1/s1/i1D,4D. The Bertz CT molecular complexity index is 790. The van der Waals surface area contributed by atoms with E-state index in [0.717, 1.165) is 5.56 Å². The van der Waals surface area contributed by atoms with Gasteiger partial charge in [0.05, 0.1) is 17.4 Å². The normalized spacial score (nSPS) is 27.7. The summed E-state index contributed by atoms with van der Waals surface area (Å²) in [4.78, 5) is 24.7. The SMILES string of the molecule is [2H]CC(C)(C)C(=O)OC[C@H]1OC(OCc2ccccc2)[C@H](O)[C@@H](OC(=O)C(C)(C)C[2H])[C@@H]1F. The minimum atomic E-state index is -2.02. The van der Waals surface area contributed by atoms with Crippen LogP contribution in [0.4, 0.5) is 4.39 Å². The molecule has 0 aromatic heterocycles. The number of esters is 2. The second kappa shape index (κ2) is 10.1. The third-order valence-electron chi connectivity index (χ3n) is 4.58. The Balaban J connectivity index is 2.18. The molecule has 5 atom stereocenters. The van der Waals surface area contributed by atoms with Gasteiger partial charge < -0.3 is 24.1 Å². The van der Waals surface area contributed by atoms with E-state index >= 15 is 4.39 Å². The molecule has 1 aliphatic rings. The smallest absolute Gasteiger partial charge is 0.311 e. The average molecular weight is 443 g/mol. The Morgan fingerprint density at radius 2 is 1.74 bits per heavy atom. The second-order valence-electron chi connectivity index (χ2n) is 9.01. The molecule has 0 spiro atoms. The maximum absolute atomic E-state index is 15.3. The number of carbonyl (C=O) groups excluding carboxylic acids is 2. The van der Waals surface area contributed by atoms with Crippen LogP contribution in [0.2, 0.25) is 0 Å². The van der Waals surface area contributed by atoms with Gasteiger partial charge in [0.1, 0.15) is 18.8 Å². The van der Waals surface area contributed by atoms with Gasteiger partial charge in [-0.15, -0.1) is 0 Å². The molecular formula is C23H33FO7. The summed E-state index contributed by atoms with van der Waals surface area (Å²) in [5.41, 5.74) is -1.52. The first kappa shape index (κ1) is 22.2. The van der Waals surface area contributed by atoms with E-state index in [1.54, 1.807) is 24.3 Å². The van der Waals surface area contributed by atoms with E-state index in [4.69, 9.17) is 21.7 Å². The van der Waals surface area contributed by atoms with Crippen LogP contribution < -0.4 is 0 Å². The van der Waals surface area contributed by atoms with Crippen LogP contribution >= 0.6 is 0 Å². The van der Waals surface area contributed by atoms with Crippen molar-refractivity contribution >= 4 is 11.9 Å². The molecule has 0 bridgehead atoms. The number of halogens is 1. The predicted molar refractivity (Wildman–Crippen MR) is 111 cm³/mol. The van der Waals surface area contributed by atoms with Crippen molar-refractivity contribution < 1.29 is 40.8 Å². The summed E-state index contributed by atoms with van der Waals surface area (Å²) in [5, 5.41) is 10.7. The zero-order valence-electron chi connectivity index (χ0n) is 20.4. The Labute approximate surface area is 185 Å². The fraction of sp³-hybridized carbons (Fsp3) is 0.652. The van der Waals surface area contributed by atoms with Gasteiger partial charge in [-0.05, 0) is 47.1 Å². The van der Waals surface area contributed by atoms with Crippen LogP contribution in [0, 0.1) is 10.8 Å². The second-order valence-corrected chi connectivity index (χ2v) is 9.01. The molecule has 1 saturated heterocycles. The lowest BCUT2D eigenvalue weighted by molar-refractivity contribution is -0.298. The van der Waals surface area contributed by atoms with Gasteiger partial charge in [0.15, 0.2) is 18.6 Å². The van der Waals surface area contributed by atoms with E-state index in [9.17, 15) is 14.7 Å². The van der Waals surface area contributed by atoms with E-state index in [-0.39, 0.29) is 20.4 Å². The number of carbonyl (C=O) groups is 2. The van der Waals surface area contributed by atoms with Crippen molar-refractivity contribution in [3.8, 4) is 0 Å².